The molecule has 0 atom stereocenters. The molecule has 0 saturated heterocycles. The molecule has 1 saturated carbocycles. The van der Waals surface area contributed by atoms with E-state index in [0.717, 1.165) is 35.1 Å². The highest BCUT2D eigenvalue weighted by molar-refractivity contribution is 6.16. The Labute approximate surface area is 118 Å². The molecule has 4 nitrogen and oxygen atoms in total. The Bertz CT molecular complexity index is 578. The summed E-state index contributed by atoms with van der Waals surface area (Å²) in [6.07, 6.45) is 6.78. The van der Waals surface area contributed by atoms with E-state index in [9.17, 15) is 0 Å². The van der Waals surface area contributed by atoms with Crippen LogP contribution in [0.1, 0.15) is 43.6 Å². The van der Waals surface area contributed by atoms with Crippen molar-refractivity contribution in [1.82, 2.24) is 19.3 Å². The van der Waals surface area contributed by atoms with Crippen LogP contribution >= 0.6 is 11.6 Å². The second-order valence-electron chi connectivity index (χ2n) is 5.66. The van der Waals surface area contributed by atoms with E-state index in [1.54, 1.807) is 0 Å². The van der Waals surface area contributed by atoms with Crippen LogP contribution in [-0.4, -0.2) is 19.3 Å². The van der Waals surface area contributed by atoms with Gasteiger partial charge in [0.25, 0.3) is 0 Å². The van der Waals surface area contributed by atoms with Crippen molar-refractivity contribution in [2.24, 2.45) is 13.0 Å². The number of rotatable bonds is 3. The fourth-order valence-electron chi connectivity index (χ4n) is 3.30. The summed E-state index contributed by atoms with van der Waals surface area (Å²) in [5.74, 6) is 2.22. The zero-order valence-electron chi connectivity index (χ0n) is 11.7. The van der Waals surface area contributed by atoms with Gasteiger partial charge in [-0.3, -0.25) is 4.68 Å². The molecular formula is C14H21ClN4. The van der Waals surface area contributed by atoms with Crippen LogP contribution in [-0.2, 0) is 19.5 Å². The van der Waals surface area contributed by atoms with Crippen molar-refractivity contribution >= 4 is 22.8 Å². The van der Waals surface area contributed by atoms with Gasteiger partial charge in [0.05, 0.1) is 11.6 Å². The van der Waals surface area contributed by atoms with Gasteiger partial charge in [0.1, 0.15) is 11.3 Å². The lowest BCUT2D eigenvalue weighted by molar-refractivity contribution is 0.318. The van der Waals surface area contributed by atoms with Gasteiger partial charge >= 0.3 is 0 Å². The van der Waals surface area contributed by atoms with E-state index in [4.69, 9.17) is 11.6 Å². The van der Waals surface area contributed by atoms with Gasteiger partial charge in [-0.05, 0) is 25.7 Å². The summed E-state index contributed by atoms with van der Waals surface area (Å²) in [5, 5.41) is 4.47. The Morgan fingerprint density at radius 1 is 1.26 bits per heavy atom. The van der Waals surface area contributed by atoms with Crippen LogP contribution in [0, 0.1) is 12.8 Å². The van der Waals surface area contributed by atoms with E-state index in [1.807, 2.05) is 18.7 Å². The maximum atomic E-state index is 6.07. The van der Waals surface area contributed by atoms with Crippen molar-refractivity contribution in [3.63, 3.8) is 0 Å². The molecule has 19 heavy (non-hydrogen) atoms. The predicted molar refractivity (Wildman–Crippen MR) is 77.4 cm³/mol. The van der Waals surface area contributed by atoms with Crippen molar-refractivity contribution in [2.75, 3.05) is 0 Å². The summed E-state index contributed by atoms with van der Waals surface area (Å²) in [4.78, 5) is 4.66. The number of aryl methyl sites for hydroxylation is 2. The molecule has 0 aromatic carbocycles. The Morgan fingerprint density at radius 2 is 2.00 bits per heavy atom. The Balaban J connectivity index is 1.99. The molecular weight excluding hydrogens is 260 g/mol. The Morgan fingerprint density at radius 3 is 2.68 bits per heavy atom. The molecule has 2 aromatic heterocycles. The standard InChI is InChI=1S/C14H21ClN4/c1-10-13-14(18(2)17-10)19(12(8-15)16-13)9-11-6-4-3-5-7-11/h11H,3-9H2,1-2H3. The van der Waals surface area contributed by atoms with Gasteiger partial charge in [-0.1, -0.05) is 19.3 Å². The number of hydrogen-bond acceptors (Lipinski definition) is 2. The van der Waals surface area contributed by atoms with E-state index in [1.165, 1.54) is 32.1 Å². The first-order valence-electron chi connectivity index (χ1n) is 7.15. The van der Waals surface area contributed by atoms with Gasteiger partial charge in [-0.15, -0.1) is 11.6 Å². The van der Waals surface area contributed by atoms with Gasteiger partial charge in [0, 0.05) is 13.6 Å². The first kappa shape index (κ1) is 13.0. The number of fused-ring (bicyclic) bond motifs is 1. The SMILES string of the molecule is Cc1nn(C)c2c1nc(CCl)n2CC1CCCCC1. The zero-order valence-corrected chi connectivity index (χ0v) is 12.4. The molecule has 1 fully saturated rings. The van der Waals surface area contributed by atoms with Crippen LogP contribution in [0.25, 0.3) is 11.2 Å². The van der Waals surface area contributed by atoms with Gasteiger partial charge in [-0.25, -0.2) is 4.98 Å². The summed E-state index contributed by atoms with van der Waals surface area (Å²) < 4.78 is 4.23. The third-order valence-corrected chi connectivity index (χ3v) is 4.49. The highest BCUT2D eigenvalue weighted by Crippen LogP contribution is 2.28. The molecule has 0 amide bonds. The van der Waals surface area contributed by atoms with Crippen molar-refractivity contribution in [3.05, 3.63) is 11.5 Å². The maximum Gasteiger partial charge on any atom is 0.158 e. The van der Waals surface area contributed by atoms with Crippen LogP contribution in [0.5, 0.6) is 0 Å². The molecule has 2 heterocycles. The lowest BCUT2D eigenvalue weighted by Gasteiger charge is -2.23. The third-order valence-electron chi connectivity index (χ3n) is 4.25. The molecule has 0 radical (unpaired) electrons. The molecule has 0 bridgehead atoms. The van der Waals surface area contributed by atoms with E-state index >= 15 is 0 Å². The van der Waals surface area contributed by atoms with Gasteiger partial charge < -0.3 is 4.57 Å². The monoisotopic (exact) mass is 280 g/mol. The molecule has 0 unspecified atom stereocenters. The van der Waals surface area contributed by atoms with E-state index < -0.39 is 0 Å². The highest BCUT2D eigenvalue weighted by atomic mass is 35.5. The van der Waals surface area contributed by atoms with Crippen molar-refractivity contribution in [2.45, 2.75) is 51.5 Å². The number of nitrogens with zero attached hydrogens (tertiary/aromatic N) is 4. The third kappa shape index (κ3) is 2.27. The average molecular weight is 281 g/mol. The maximum absolute atomic E-state index is 6.07. The molecule has 3 rings (SSSR count). The molecule has 0 N–H and O–H groups in total. The van der Waals surface area contributed by atoms with Crippen LogP contribution in [0.4, 0.5) is 0 Å². The van der Waals surface area contributed by atoms with Crippen molar-refractivity contribution < 1.29 is 0 Å². The summed E-state index contributed by atoms with van der Waals surface area (Å²) in [6, 6.07) is 0. The molecule has 1 aliphatic rings. The second-order valence-corrected chi connectivity index (χ2v) is 5.92. The largest absolute Gasteiger partial charge is 0.312 e. The van der Waals surface area contributed by atoms with Crippen LogP contribution in [0.15, 0.2) is 0 Å². The Kier molecular flexibility index (Phi) is 3.52. The molecule has 0 spiro atoms. The second kappa shape index (κ2) is 5.16. The number of hydrogen-bond donors (Lipinski definition) is 0. The fourth-order valence-corrected chi connectivity index (χ4v) is 3.51. The first-order valence-corrected chi connectivity index (χ1v) is 7.69. The number of imidazole rings is 1. The minimum Gasteiger partial charge on any atom is -0.312 e. The topological polar surface area (TPSA) is 35.6 Å². The average Bonchev–Trinajstić information content (AvgIpc) is 2.91. The molecule has 1 aliphatic carbocycles. The van der Waals surface area contributed by atoms with Crippen molar-refractivity contribution in [3.8, 4) is 0 Å². The summed E-state index contributed by atoms with van der Waals surface area (Å²) >= 11 is 6.07. The fraction of sp³-hybridized carbons (Fsp3) is 0.714. The van der Waals surface area contributed by atoms with Crippen LogP contribution in [0.3, 0.4) is 0 Å². The van der Waals surface area contributed by atoms with Gasteiger partial charge in [0.15, 0.2) is 5.65 Å². The lowest BCUT2D eigenvalue weighted by atomic mass is 9.89. The van der Waals surface area contributed by atoms with E-state index in [2.05, 4.69) is 14.6 Å². The normalized spacial score (nSPS) is 17.4. The summed E-state index contributed by atoms with van der Waals surface area (Å²) in [7, 11) is 1.99. The highest BCUT2D eigenvalue weighted by Gasteiger charge is 2.21. The quantitative estimate of drug-likeness (QED) is 0.808. The van der Waals surface area contributed by atoms with Crippen molar-refractivity contribution in [1.29, 1.82) is 0 Å². The van der Waals surface area contributed by atoms with Gasteiger partial charge in [0.2, 0.25) is 0 Å². The van der Waals surface area contributed by atoms with Crippen LogP contribution < -0.4 is 0 Å². The smallest absolute Gasteiger partial charge is 0.158 e. The van der Waals surface area contributed by atoms with Crippen LogP contribution in [0.2, 0.25) is 0 Å². The van der Waals surface area contributed by atoms with E-state index in [0.29, 0.717) is 5.88 Å². The molecule has 104 valence electrons. The minimum absolute atomic E-state index is 0.473. The summed E-state index contributed by atoms with van der Waals surface area (Å²) in [5.41, 5.74) is 3.12. The lowest BCUT2D eigenvalue weighted by Crippen LogP contribution is -2.16. The number of aromatic nitrogens is 4. The molecule has 0 aliphatic heterocycles. The number of alkyl halides is 1. The molecule has 2 aromatic rings. The molecule has 5 heteroatoms. The van der Waals surface area contributed by atoms with Gasteiger partial charge in [-0.2, -0.15) is 5.10 Å². The Hall–Kier alpha value is -1.03. The van der Waals surface area contributed by atoms with E-state index in [-0.39, 0.29) is 0 Å². The number of halogens is 1. The predicted octanol–water partition coefficient (Wildman–Crippen LogP) is 3.40. The minimum atomic E-state index is 0.473. The zero-order chi connectivity index (χ0) is 13.4. The first-order chi connectivity index (χ1) is 9.20. The summed E-state index contributed by atoms with van der Waals surface area (Å²) in [6.45, 7) is 3.05.